The molecule has 0 bridgehead atoms. The number of hydrazone groups is 1. The smallest absolute Gasteiger partial charge is 0.352 e. The first-order valence-corrected chi connectivity index (χ1v) is 6.49. The number of carboxylic acid groups (broad SMARTS) is 3. The highest BCUT2D eigenvalue weighted by Crippen LogP contribution is 2.23. The van der Waals surface area contributed by atoms with E-state index in [1.807, 2.05) is 0 Å². The molecule has 8 nitrogen and oxygen atoms in total. The van der Waals surface area contributed by atoms with Crippen molar-refractivity contribution in [3.8, 4) is 0 Å². The number of benzene rings is 1. The molecule has 9 heteroatoms. The lowest BCUT2D eigenvalue weighted by Crippen LogP contribution is -2.15. The minimum atomic E-state index is -1.30. The summed E-state index contributed by atoms with van der Waals surface area (Å²) in [6.45, 7) is 0. The van der Waals surface area contributed by atoms with E-state index in [0.29, 0.717) is 0 Å². The summed E-state index contributed by atoms with van der Waals surface area (Å²) < 4.78 is 0. The van der Waals surface area contributed by atoms with Crippen LogP contribution in [0.1, 0.15) is 29.6 Å². The van der Waals surface area contributed by atoms with E-state index in [0.717, 1.165) is 0 Å². The van der Waals surface area contributed by atoms with E-state index in [1.54, 1.807) is 0 Å². The number of nitrogens with zero attached hydrogens (tertiary/aromatic N) is 1. The van der Waals surface area contributed by atoms with Gasteiger partial charge in [-0.15, -0.1) is 0 Å². The summed E-state index contributed by atoms with van der Waals surface area (Å²) in [4.78, 5) is 32.3. The summed E-state index contributed by atoms with van der Waals surface area (Å²) in [5.74, 6) is -3.50. The van der Waals surface area contributed by atoms with Crippen LogP contribution in [0.3, 0.4) is 0 Å². The first-order valence-electron chi connectivity index (χ1n) is 6.11. The van der Waals surface area contributed by atoms with E-state index >= 15 is 0 Å². The summed E-state index contributed by atoms with van der Waals surface area (Å²) in [6, 6.07) is 3.85. The first kappa shape index (κ1) is 17.4. The van der Waals surface area contributed by atoms with Crippen LogP contribution in [0.15, 0.2) is 23.3 Å². The maximum absolute atomic E-state index is 11.0. The molecule has 0 unspecified atom stereocenters. The van der Waals surface area contributed by atoms with Gasteiger partial charge in [0.05, 0.1) is 16.3 Å². The van der Waals surface area contributed by atoms with Gasteiger partial charge in [0, 0.05) is 6.42 Å². The molecule has 0 saturated carbocycles. The minimum Gasteiger partial charge on any atom is -0.481 e. The topological polar surface area (TPSA) is 136 Å². The lowest BCUT2D eigenvalue weighted by atomic mass is 10.1. The van der Waals surface area contributed by atoms with Crippen molar-refractivity contribution in [1.82, 2.24) is 0 Å². The van der Waals surface area contributed by atoms with E-state index in [2.05, 4.69) is 10.5 Å². The van der Waals surface area contributed by atoms with Gasteiger partial charge in [0.1, 0.15) is 5.71 Å². The lowest BCUT2D eigenvalue weighted by Gasteiger charge is -2.06. The summed E-state index contributed by atoms with van der Waals surface area (Å²) in [6.07, 6.45) is -0.114. The molecule has 0 atom stereocenters. The van der Waals surface area contributed by atoms with Crippen molar-refractivity contribution in [2.24, 2.45) is 5.10 Å². The third kappa shape index (κ3) is 5.41. The predicted molar refractivity (Wildman–Crippen MR) is 78.6 cm³/mol. The van der Waals surface area contributed by atoms with E-state index in [1.165, 1.54) is 18.2 Å². The van der Waals surface area contributed by atoms with Crippen molar-refractivity contribution < 1.29 is 29.7 Å². The van der Waals surface area contributed by atoms with Gasteiger partial charge in [-0.05, 0) is 31.0 Å². The second-order valence-corrected chi connectivity index (χ2v) is 4.63. The van der Waals surface area contributed by atoms with Gasteiger partial charge in [-0.2, -0.15) is 5.10 Å². The number of anilines is 1. The van der Waals surface area contributed by atoms with Gasteiger partial charge >= 0.3 is 17.9 Å². The zero-order valence-electron chi connectivity index (χ0n) is 11.2. The number of carboxylic acids is 3. The molecule has 0 aromatic heterocycles. The van der Waals surface area contributed by atoms with Crippen LogP contribution in [-0.4, -0.2) is 38.9 Å². The highest BCUT2D eigenvalue weighted by molar-refractivity contribution is 6.36. The zero-order valence-corrected chi connectivity index (χ0v) is 12.0. The monoisotopic (exact) mass is 328 g/mol. The highest BCUT2D eigenvalue weighted by atomic mass is 35.5. The molecule has 0 aliphatic carbocycles. The molecule has 0 amide bonds. The van der Waals surface area contributed by atoms with Gasteiger partial charge in [-0.3, -0.25) is 10.2 Å². The molecular formula is C13H13ClN2O6. The maximum Gasteiger partial charge on any atom is 0.352 e. The fourth-order valence-electron chi connectivity index (χ4n) is 1.49. The van der Waals surface area contributed by atoms with E-state index in [4.69, 9.17) is 26.9 Å². The first-order chi connectivity index (χ1) is 10.3. The average molecular weight is 329 g/mol. The fraction of sp³-hybridized carbons (Fsp3) is 0.231. The number of hydrogen-bond donors (Lipinski definition) is 4. The van der Waals surface area contributed by atoms with Gasteiger partial charge in [0.15, 0.2) is 0 Å². The quantitative estimate of drug-likeness (QED) is 0.424. The molecule has 118 valence electrons. The fourth-order valence-corrected chi connectivity index (χ4v) is 1.65. The SMILES string of the molecule is O=C(O)CCC/C(=N\Nc1cc(C(=O)O)ccc1Cl)C(=O)O. The molecule has 0 saturated heterocycles. The Labute approximate surface area is 130 Å². The lowest BCUT2D eigenvalue weighted by molar-refractivity contribution is -0.137. The van der Waals surface area contributed by atoms with Gasteiger partial charge < -0.3 is 15.3 Å². The van der Waals surface area contributed by atoms with E-state index in [-0.39, 0.29) is 41.2 Å². The molecule has 0 fully saturated rings. The number of rotatable bonds is 8. The summed E-state index contributed by atoms with van der Waals surface area (Å²) in [5, 5.41) is 30.2. The summed E-state index contributed by atoms with van der Waals surface area (Å²) >= 11 is 5.86. The van der Waals surface area contributed by atoms with Crippen LogP contribution in [0.25, 0.3) is 0 Å². The Bertz CT molecular complexity index is 629. The van der Waals surface area contributed by atoms with Crippen LogP contribution in [0.2, 0.25) is 5.02 Å². The molecule has 0 aliphatic rings. The maximum atomic E-state index is 11.0. The van der Waals surface area contributed by atoms with Crippen LogP contribution in [0, 0.1) is 0 Å². The Kier molecular flexibility index (Phi) is 6.33. The van der Waals surface area contributed by atoms with Crippen LogP contribution in [-0.2, 0) is 9.59 Å². The van der Waals surface area contributed by atoms with Crippen molar-refractivity contribution >= 4 is 40.9 Å². The molecular weight excluding hydrogens is 316 g/mol. The number of carbonyl (C=O) groups is 3. The van der Waals surface area contributed by atoms with E-state index < -0.39 is 17.9 Å². The predicted octanol–water partition coefficient (Wildman–Crippen LogP) is 2.15. The Hall–Kier alpha value is -2.61. The number of aromatic carboxylic acids is 1. The molecule has 0 heterocycles. The molecule has 0 aliphatic heterocycles. The molecule has 0 radical (unpaired) electrons. The molecule has 4 N–H and O–H groups in total. The Morgan fingerprint density at radius 3 is 2.36 bits per heavy atom. The van der Waals surface area contributed by atoms with Gasteiger partial charge in [0.2, 0.25) is 0 Å². The van der Waals surface area contributed by atoms with Crippen LogP contribution in [0.5, 0.6) is 0 Å². The highest BCUT2D eigenvalue weighted by Gasteiger charge is 2.12. The third-order valence-corrected chi connectivity index (χ3v) is 2.91. The standard InChI is InChI=1S/C13H13ClN2O6/c14-8-5-4-7(12(19)20)6-10(8)16-15-9(13(21)22)2-1-3-11(17)18/h4-6,16H,1-3H2,(H,17,18)(H,19,20)(H,21,22)/b15-9+. The minimum absolute atomic E-state index is 0.0372. The average Bonchev–Trinajstić information content (AvgIpc) is 2.43. The van der Waals surface area contributed by atoms with Crippen molar-refractivity contribution in [1.29, 1.82) is 0 Å². The van der Waals surface area contributed by atoms with Gasteiger partial charge in [-0.25, -0.2) is 9.59 Å². The number of nitrogens with one attached hydrogen (secondary N) is 1. The molecule has 22 heavy (non-hydrogen) atoms. The van der Waals surface area contributed by atoms with Crippen molar-refractivity contribution in [3.63, 3.8) is 0 Å². The van der Waals surface area contributed by atoms with Crippen molar-refractivity contribution in [2.45, 2.75) is 19.3 Å². The number of aliphatic carboxylic acids is 2. The van der Waals surface area contributed by atoms with Crippen molar-refractivity contribution in [2.75, 3.05) is 5.43 Å². The zero-order chi connectivity index (χ0) is 16.7. The summed E-state index contributed by atoms with van der Waals surface area (Å²) in [5.41, 5.74) is 2.21. The second-order valence-electron chi connectivity index (χ2n) is 4.22. The van der Waals surface area contributed by atoms with Crippen LogP contribution < -0.4 is 5.43 Å². The number of hydrogen-bond acceptors (Lipinski definition) is 5. The Morgan fingerprint density at radius 2 is 1.82 bits per heavy atom. The van der Waals surface area contributed by atoms with Crippen LogP contribution >= 0.6 is 11.6 Å². The molecule has 1 aromatic rings. The van der Waals surface area contributed by atoms with Crippen LogP contribution in [0.4, 0.5) is 5.69 Å². The molecule has 0 spiro atoms. The third-order valence-electron chi connectivity index (χ3n) is 2.58. The summed E-state index contributed by atoms with van der Waals surface area (Å²) in [7, 11) is 0. The van der Waals surface area contributed by atoms with Gasteiger partial charge in [0.25, 0.3) is 0 Å². The number of halogens is 1. The molecule has 1 rings (SSSR count). The molecule has 1 aromatic carbocycles. The van der Waals surface area contributed by atoms with Gasteiger partial charge in [-0.1, -0.05) is 11.6 Å². The second kappa shape index (κ2) is 7.99. The Morgan fingerprint density at radius 1 is 1.14 bits per heavy atom. The van der Waals surface area contributed by atoms with Crippen molar-refractivity contribution in [3.05, 3.63) is 28.8 Å². The Balaban J connectivity index is 2.86. The van der Waals surface area contributed by atoms with E-state index in [9.17, 15) is 14.4 Å². The normalized spacial score (nSPS) is 11.0. The largest absolute Gasteiger partial charge is 0.481 e.